The molecule has 0 bridgehead atoms. The number of halogens is 1. The van der Waals surface area contributed by atoms with Crippen LogP contribution in [0, 0.1) is 0 Å². The molecule has 0 aliphatic heterocycles. The fourth-order valence-corrected chi connectivity index (χ4v) is 2.48. The summed E-state index contributed by atoms with van der Waals surface area (Å²) >= 11 is 0. The Morgan fingerprint density at radius 2 is 2.00 bits per heavy atom. The molecule has 10 nitrogen and oxygen atoms in total. The lowest BCUT2D eigenvalue weighted by molar-refractivity contribution is 0.0928. The standard InChI is InChI=1S/C18H17FN6O4/c1-25-16(22-18(27)29-14(9-19)11-5-3-2-4-6-11)15(23-24-25)13-8-7-12(10-21-13)28-17(20)26/h2-8,10,14H,9H2,1H3,(H2,20,26)(H,22,27). The number of amides is 2. The van der Waals surface area contributed by atoms with Gasteiger partial charge < -0.3 is 15.2 Å². The first-order valence-corrected chi connectivity index (χ1v) is 8.40. The van der Waals surface area contributed by atoms with Crippen molar-refractivity contribution in [2.45, 2.75) is 6.10 Å². The van der Waals surface area contributed by atoms with Gasteiger partial charge in [-0.1, -0.05) is 35.5 Å². The molecule has 1 atom stereocenters. The van der Waals surface area contributed by atoms with E-state index in [1.165, 1.54) is 23.0 Å². The van der Waals surface area contributed by atoms with E-state index in [0.717, 1.165) is 0 Å². The Morgan fingerprint density at radius 1 is 1.24 bits per heavy atom. The molecule has 3 N–H and O–H groups in total. The van der Waals surface area contributed by atoms with Gasteiger partial charge in [0.1, 0.15) is 6.67 Å². The van der Waals surface area contributed by atoms with Gasteiger partial charge in [0.05, 0.1) is 11.9 Å². The van der Waals surface area contributed by atoms with Crippen molar-refractivity contribution in [1.29, 1.82) is 0 Å². The van der Waals surface area contributed by atoms with E-state index in [9.17, 15) is 14.0 Å². The third kappa shape index (κ3) is 4.83. The lowest BCUT2D eigenvalue weighted by atomic mass is 10.1. The minimum atomic E-state index is -1.05. The maximum atomic E-state index is 13.3. The monoisotopic (exact) mass is 400 g/mol. The Morgan fingerprint density at radius 3 is 2.62 bits per heavy atom. The molecule has 0 fully saturated rings. The summed E-state index contributed by atoms with van der Waals surface area (Å²) in [6.45, 7) is -0.878. The fourth-order valence-electron chi connectivity index (χ4n) is 2.48. The number of hydrogen-bond donors (Lipinski definition) is 2. The normalized spacial score (nSPS) is 11.5. The van der Waals surface area contributed by atoms with Crippen LogP contribution in [0.2, 0.25) is 0 Å². The maximum absolute atomic E-state index is 13.3. The number of aryl methyl sites for hydroxylation is 1. The Kier molecular flexibility index (Phi) is 5.97. The molecule has 0 aliphatic carbocycles. The van der Waals surface area contributed by atoms with Crippen LogP contribution < -0.4 is 15.8 Å². The van der Waals surface area contributed by atoms with Crippen LogP contribution in [-0.4, -0.2) is 38.8 Å². The lowest BCUT2D eigenvalue weighted by Crippen LogP contribution is -2.20. The number of ether oxygens (including phenoxy) is 2. The van der Waals surface area contributed by atoms with E-state index >= 15 is 0 Å². The van der Waals surface area contributed by atoms with Crippen molar-refractivity contribution in [3.05, 3.63) is 54.2 Å². The number of carbonyl (C=O) groups excluding carboxylic acids is 2. The van der Waals surface area contributed by atoms with Crippen molar-refractivity contribution < 1.29 is 23.5 Å². The Bertz CT molecular complexity index is 993. The number of primary amides is 1. The van der Waals surface area contributed by atoms with E-state index in [1.54, 1.807) is 37.4 Å². The number of alkyl halides is 1. The van der Waals surface area contributed by atoms with Crippen LogP contribution in [0.4, 0.5) is 19.8 Å². The molecule has 2 heterocycles. The van der Waals surface area contributed by atoms with Crippen molar-refractivity contribution in [1.82, 2.24) is 20.0 Å². The van der Waals surface area contributed by atoms with Gasteiger partial charge in [-0.25, -0.2) is 18.7 Å². The predicted octanol–water partition coefficient (Wildman–Crippen LogP) is 2.59. The molecule has 0 aliphatic rings. The zero-order chi connectivity index (χ0) is 20.8. The van der Waals surface area contributed by atoms with Gasteiger partial charge in [0.15, 0.2) is 23.4 Å². The number of anilines is 1. The Labute approximate surface area is 164 Å². The highest BCUT2D eigenvalue weighted by molar-refractivity contribution is 5.88. The second-order valence-electron chi connectivity index (χ2n) is 5.79. The summed E-state index contributed by atoms with van der Waals surface area (Å²) in [5.41, 5.74) is 6.06. The number of rotatable bonds is 6. The van der Waals surface area contributed by atoms with E-state index in [4.69, 9.17) is 15.2 Å². The number of aromatic nitrogens is 4. The van der Waals surface area contributed by atoms with Crippen molar-refractivity contribution >= 4 is 18.0 Å². The molecule has 150 valence electrons. The van der Waals surface area contributed by atoms with Crippen LogP contribution in [0.15, 0.2) is 48.7 Å². The largest absolute Gasteiger partial charge is 0.438 e. The average molecular weight is 400 g/mol. The van der Waals surface area contributed by atoms with Crippen LogP contribution in [0.3, 0.4) is 0 Å². The van der Waals surface area contributed by atoms with Gasteiger partial charge in [0.2, 0.25) is 0 Å². The lowest BCUT2D eigenvalue weighted by Gasteiger charge is -2.15. The van der Waals surface area contributed by atoms with Crippen molar-refractivity contribution in [3.63, 3.8) is 0 Å². The summed E-state index contributed by atoms with van der Waals surface area (Å²) in [5.74, 6) is 0.337. The van der Waals surface area contributed by atoms with Crippen molar-refractivity contribution in [2.24, 2.45) is 12.8 Å². The van der Waals surface area contributed by atoms with Crippen LogP contribution in [0.25, 0.3) is 11.4 Å². The highest BCUT2D eigenvalue weighted by Gasteiger charge is 2.21. The highest BCUT2D eigenvalue weighted by Crippen LogP contribution is 2.26. The zero-order valence-corrected chi connectivity index (χ0v) is 15.3. The van der Waals surface area contributed by atoms with Gasteiger partial charge in [-0.2, -0.15) is 0 Å². The molecule has 0 radical (unpaired) electrons. The summed E-state index contributed by atoms with van der Waals surface area (Å²) < 4.78 is 24.5. The first kappa shape index (κ1) is 19.7. The molecule has 11 heteroatoms. The smallest absolute Gasteiger partial charge is 0.413 e. The SMILES string of the molecule is Cn1nnc(-c2ccc(OC(N)=O)cn2)c1NC(=O)OC(CF)c1ccccc1. The summed E-state index contributed by atoms with van der Waals surface area (Å²) in [4.78, 5) is 27.2. The van der Waals surface area contributed by atoms with Gasteiger partial charge in [0.25, 0.3) is 0 Å². The predicted molar refractivity (Wildman–Crippen MR) is 99.7 cm³/mol. The van der Waals surface area contributed by atoms with Gasteiger partial charge in [0, 0.05) is 7.05 Å². The van der Waals surface area contributed by atoms with Crippen LogP contribution in [-0.2, 0) is 11.8 Å². The van der Waals surface area contributed by atoms with Crippen molar-refractivity contribution in [3.8, 4) is 17.1 Å². The molecular formula is C18H17FN6O4. The molecule has 1 unspecified atom stereocenters. The zero-order valence-electron chi connectivity index (χ0n) is 15.3. The topological polar surface area (TPSA) is 134 Å². The molecule has 2 amide bonds. The average Bonchev–Trinajstić information content (AvgIpc) is 3.07. The Hall–Kier alpha value is -4.02. The quantitative estimate of drug-likeness (QED) is 0.649. The number of nitrogens with zero attached hydrogens (tertiary/aromatic N) is 4. The molecule has 0 saturated carbocycles. The first-order chi connectivity index (χ1) is 14.0. The maximum Gasteiger partial charge on any atom is 0.413 e. The minimum Gasteiger partial charge on any atom is -0.438 e. The van der Waals surface area contributed by atoms with Crippen LogP contribution >= 0.6 is 0 Å². The summed E-state index contributed by atoms with van der Waals surface area (Å²) in [7, 11) is 1.56. The second kappa shape index (κ2) is 8.78. The van der Waals surface area contributed by atoms with Gasteiger partial charge >= 0.3 is 12.2 Å². The number of carbonyl (C=O) groups is 2. The Balaban J connectivity index is 1.75. The molecule has 1 aromatic carbocycles. The van der Waals surface area contributed by atoms with E-state index in [1.807, 2.05) is 0 Å². The number of nitrogens with one attached hydrogen (secondary N) is 1. The number of nitrogens with two attached hydrogens (primary N) is 1. The molecule has 3 rings (SSSR count). The summed E-state index contributed by atoms with van der Waals surface area (Å²) in [6, 6.07) is 11.5. The van der Waals surface area contributed by atoms with E-state index in [-0.39, 0.29) is 17.3 Å². The van der Waals surface area contributed by atoms with E-state index in [0.29, 0.717) is 11.3 Å². The molecule has 29 heavy (non-hydrogen) atoms. The third-order valence-corrected chi connectivity index (χ3v) is 3.81. The molecule has 0 spiro atoms. The highest BCUT2D eigenvalue weighted by atomic mass is 19.1. The molecular weight excluding hydrogens is 383 g/mol. The van der Waals surface area contributed by atoms with Crippen LogP contribution in [0.1, 0.15) is 11.7 Å². The van der Waals surface area contributed by atoms with Gasteiger partial charge in [-0.15, -0.1) is 5.10 Å². The fraction of sp³-hybridized carbons (Fsp3) is 0.167. The second-order valence-corrected chi connectivity index (χ2v) is 5.79. The minimum absolute atomic E-state index is 0.146. The summed E-state index contributed by atoms with van der Waals surface area (Å²) in [6.07, 6.45) is -1.63. The third-order valence-electron chi connectivity index (χ3n) is 3.81. The van der Waals surface area contributed by atoms with E-state index < -0.39 is 25.0 Å². The number of benzene rings is 1. The molecule has 3 aromatic rings. The van der Waals surface area contributed by atoms with E-state index in [2.05, 4.69) is 20.6 Å². The summed E-state index contributed by atoms with van der Waals surface area (Å²) in [5, 5.41) is 10.3. The van der Waals surface area contributed by atoms with Gasteiger partial charge in [-0.3, -0.25) is 10.3 Å². The first-order valence-electron chi connectivity index (χ1n) is 8.40. The number of pyridine rings is 1. The number of hydrogen-bond acceptors (Lipinski definition) is 7. The molecule has 0 saturated heterocycles. The van der Waals surface area contributed by atoms with Gasteiger partial charge in [-0.05, 0) is 17.7 Å². The molecule has 2 aromatic heterocycles. The van der Waals surface area contributed by atoms with Crippen LogP contribution in [0.5, 0.6) is 5.75 Å². The van der Waals surface area contributed by atoms with Crippen molar-refractivity contribution in [2.75, 3.05) is 12.0 Å².